The molecule has 6 heteroatoms. The Balaban J connectivity index is 4.40. The molecule has 0 heterocycles. The van der Waals surface area contributed by atoms with E-state index in [1.54, 1.807) is 0 Å². The molecule has 1 atom stereocenters. The van der Waals surface area contributed by atoms with Crippen molar-refractivity contribution in [2.24, 2.45) is 0 Å². The zero-order chi connectivity index (χ0) is 52.9. The highest BCUT2D eigenvalue weighted by molar-refractivity contribution is 5.71. The van der Waals surface area contributed by atoms with E-state index in [-0.39, 0.29) is 31.1 Å². The van der Waals surface area contributed by atoms with E-state index in [2.05, 4.69) is 106 Å². The summed E-state index contributed by atoms with van der Waals surface area (Å²) in [5, 5.41) is 0. The van der Waals surface area contributed by atoms with E-state index in [1.807, 2.05) is 0 Å². The predicted octanol–water partition coefficient (Wildman–Crippen LogP) is 21.1. The Morgan fingerprint density at radius 2 is 0.534 bits per heavy atom. The van der Waals surface area contributed by atoms with Crippen LogP contribution in [0.5, 0.6) is 0 Å². The molecular weight excluding hydrogens is 901 g/mol. The van der Waals surface area contributed by atoms with Crippen LogP contribution in [0, 0.1) is 0 Å². The van der Waals surface area contributed by atoms with Gasteiger partial charge < -0.3 is 14.2 Å². The van der Waals surface area contributed by atoms with E-state index in [4.69, 9.17) is 14.2 Å². The molecule has 0 aliphatic carbocycles. The van der Waals surface area contributed by atoms with Crippen LogP contribution in [0.25, 0.3) is 0 Å². The first kappa shape index (κ1) is 69.6. The van der Waals surface area contributed by atoms with Crippen molar-refractivity contribution < 1.29 is 28.6 Å². The summed E-state index contributed by atoms with van der Waals surface area (Å²) < 4.78 is 16.9. The third-order valence-electron chi connectivity index (χ3n) is 13.4. The first-order valence-corrected chi connectivity index (χ1v) is 31.1. The van der Waals surface area contributed by atoms with Crippen LogP contribution in [-0.4, -0.2) is 37.2 Å². The van der Waals surface area contributed by atoms with Gasteiger partial charge in [-0.1, -0.05) is 273 Å². The Morgan fingerprint density at radius 3 is 0.863 bits per heavy atom. The number of carbonyl (C=O) groups is 3. The van der Waals surface area contributed by atoms with Gasteiger partial charge in [-0.25, -0.2) is 0 Å². The Morgan fingerprint density at radius 1 is 0.288 bits per heavy atom. The number of hydrogen-bond donors (Lipinski definition) is 0. The van der Waals surface area contributed by atoms with Crippen LogP contribution in [0.4, 0.5) is 0 Å². The SMILES string of the molecule is CC/C=C\C/C=C\C/C=C\C/C=C\CCCCCCCCCCC(=O)OCC(COC(=O)CCCCCCCCCCCCCCCCC)OC(=O)CCCCCCCC/C=C\C/C=C\C/C=C\CCCCC. The van der Waals surface area contributed by atoms with Crippen molar-refractivity contribution in [2.45, 2.75) is 309 Å². The minimum atomic E-state index is -0.787. The van der Waals surface area contributed by atoms with Gasteiger partial charge in [0.25, 0.3) is 0 Å². The van der Waals surface area contributed by atoms with Crippen molar-refractivity contribution in [1.29, 1.82) is 0 Å². The molecule has 0 radical (unpaired) electrons. The second-order valence-electron chi connectivity index (χ2n) is 20.6. The minimum Gasteiger partial charge on any atom is -0.462 e. The summed E-state index contributed by atoms with van der Waals surface area (Å²) in [6.07, 6.45) is 80.0. The highest BCUT2D eigenvalue weighted by atomic mass is 16.6. The maximum absolute atomic E-state index is 12.9. The normalized spacial score (nSPS) is 12.6. The lowest BCUT2D eigenvalue weighted by Crippen LogP contribution is -2.30. The van der Waals surface area contributed by atoms with Crippen LogP contribution in [0.1, 0.15) is 303 Å². The monoisotopic (exact) mass is 1020 g/mol. The first-order valence-electron chi connectivity index (χ1n) is 31.1. The van der Waals surface area contributed by atoms with Gasteiger partial charge in [-0.15, -0.1) is 0 Å². The van der Waals surface area contributed by atoms with Crippen LogP contribution in [0.2, 0.25) is 0 Å². The molecular formula is C67H116O6. The Hall–Kier alpha value is -3.41. The average Bonchev–Trinajstić information content (AvgIpc) is 3.39. The molecule has 0 aromatic carbocycles. The Kier molecular flexibility index (Phi) is 58.3. The Labute approximate surface area is 452 Å². The lowest BCUT2D eigenvalue weighted by atomic mass is 10.0. The molecule has 0 aliphatic rings. The summed E-state index contributed by atoms with van der Waals surface area (Å²) in [5.41, 5.74) is 0. The average molecular weight is 1020 g/mol. The summed E-state index contributed by atoms with van der Waals surface area (Å²) in [7, 11) is 0. The fourth-order valence-corrected chi connectivity index (χ4v) is 8.74. The number of carbonyl (C=O) groups excluding carboxylic acids is 3. The molecule has 0 amide bonds. The van der Waals surface area contributed by atoms with Crippen LogP contribution in [-0.2, 0) is 28.6 Å². The number of rotatable bonds is 56. The summed E-state index contributed by atoms with van der Waals surface area (Å²) in [4.78, 5) is 38.3. The number of esters is 3. The van der Waals surface area contributed by atoms with E-state index in [9.17, 15) is 14.4 Å². The number of allylic oxidation sites excluding steroid dienone is 14. The van der Waals surface area contributed by atoms with Gasteiger partial charge in [0.1, 0.15) is 13.2 Å². The van der Waals surface area contributed by atoms with Crippen molar-refractivity contribution in [3.8, 4) is 0 Å². The maximum atomic E-state index is 12.9. The van der Waals surface area contributed by atoms with Gasteiger partial charge >= 0.3 is 17.9 Å². The molecule has 0 aromatic heterocycles. The smallest absolute Gasteiger partial charge is 0.306 e. The van der Waals surface area contributed by atoms with E-state index in [0.717, 1.165) is 116 Å². The van der Waals surface area contributed by atoms with Crippen molar-refractivity contribution in [3.63, 3.8) is 0 Å². The van der Waals surface area contributed by atoms with Gasteiger partial charge in [-0.05, 0) is 96.3 Å². The number of unbranched alkanes of at least 4 members (excludes halogenated alkanes) is 31. The molecule has 6 nitrogen and oxygen atoms in total. The molecule has 0 bridgehead atoms. The van der Waals surface area contributed by atoms with Crippen molar-refractivity contribution in [3.05, 3.63) is 85.1 Å². The Bertz CT molecular complexity index is 1400. The van der Waals surface area contributed by atoms with Gasteiger partial charge in [-0.3, -0.25) is 14.4 Å². The fourth-order valence-electron chi connectivity index (χ4n) is 8.74. The van der Waals surface area contributed by atoms with Gasteiger partial charge in [0.2, 0.25) is 0 Å². The van der Waals surface area contributed by atoms with E-state index in [0.29, 0.717) is 19.3 Å². The van der Waals surface area contributed by atoms with Crippen molar-refractivity contribution in [2.75, 3.05) is 13.2 Å². The molecule has 0 N–H and O–H groups in total. The van der Waals surface area contributed by atoms with Crippen molar-refractivity contribution in [1.82, 2.24) is 0 Å². The maximum Gasteiger partial charge on any atom is 0.306 e. The minimum absolute atomic E-state index is 0.0820. The molecule has 0 saturated carbocycles. The van der Waals surface area contributed by atoms with Crippen LogP contribution in [0.15, 0.2) is 85.1 Å². The van der Waals surface area contributed by atoms with Crippen LogP contribution < -0.4 is 0 Å². The summed E-state index contributed by atoms with van der Waals surface area (Å²) in [6.45, 7) is 6.51. The number of hydrogen-bond acceptors (Lipinski definition) is 6. The third kappa shape index (κ3) is 59.3. The zero-order valence-electron chi connectivity index (χ0n) is 48.1. The van der Waals surface area contributed by atoms with E-state index in [1.165, 1.54) is 148 Å². The quantitative estimate of drug-likeness (QED) is 0.0261. The van der Waals surface area contributed by atoms with Crippen molar-refractivity contribution >= 4 is 17.9 Å². The molecule has 0 saturated heterocycles. The van der Waals surface area contributed by atoms with Crippen LogP contribution in [0.3, 0.4) is 0 Å². The standard InChI is InChI=1S/C67H116O6/c1-4-7-10-13-16-19-22-25-28-30-32-33-35-36-39-42-45-48-51-54-57-60-66(69)72-63-64(62-71-65(68)59-56-53-50-47-44-41-38-27-24-21-18-15-12-9-6-3)73-67(70)61-58-55-52-49-46-43-40-37-34-31-29-26-23-20-17-14-11-8-5-2/h7,10,16-17,19-20,25-26,28-29,32-34,37,64H,4-6,8-9,11-15,18,21-24,27,30-31,35-36,38-63H2,1-3H3/b10-7-,19-16-,20-17-,28-25-,29-26-,33-32-,37-34-. The second-order valence-corrected chi connectivity index (χ2v) is 20.6. The summed E-state index contributed by atoms with van der Waals surface area (Å²) >= 11 is 0. The molecule has 73 heavy (non-hydrogen) atoms. The molecule has 0 aromatic rings. The zero-order valence-corrected chi connectivity index (χ0v) is 48.1. The molecule has 420 valence electrons. The number of ether oxygens (including phenoxy) is 3. The molecule has 1 unspecified atom stereocenters. The van der Waals surface area contributed by atoms with Gasteiger partial charge in [0.05, 0.1) is 0 Å². The predicted molar refractivity (Wildman–Crippen MR) is 316 cm³/mol. The molecule has 0 aliphatic heterocycles. The third-order valence-corrected chi connectivity index (χ3v) is 13.4. The van der Waals surface area contributed by atoms with Gasteiger partial charge in [0, 0.05) is 19.3 Å². The molecule has 0 fully saturated rings. The first-order chi connectivity index (χ1) is 36.0. The highest BCUT2D eigenvalue weighted by Crippen LogP contribution is 2.16. The highest BCUT2D eigenvalue weighted by Gasteiger charge is 2.19. The van der Waals surface area contributed by atoms with E-state index < -0.39 is 6.10 Å². The van der Waals surface area contributed by atoms with E-state index >= 15 is 0 Å². The van der Waals surface area contributed by atoms with Gasteiger partial charge in [0.15, 0.2) is 6.10 Å². The lowest BCUT2D eigenvalue weighted by Gasteiger charge is -2.18. The summed E-state index contributed by atoms with van der Waals surface area (Å²) in [5.74, 6) is -0.891. The second kappa shape index (κ2) is 61.1. The molecule has 0 spiro atoms. The van der Waals surface area contributed by atoms with Gasteiger partial charge in [-0.2, -0.15) is 0 Å². The summed E-state index contributed by atoms with van der Waals surface area (Å²) in [6, 6.07) is 0. The lowest BCUT2D eigenvalue weighted by molar-refractivity contribution is -0.167. The van der Waals surface area contributed by atoms with Crippen LogP contribution >= 0.6 is 0 Å². The topological polar surface area (TPSA) is 78.9 Å². The largest absolute Gasteiger partial charge is 0.462 e. The molecule has 0 rings (SSSR count). The fraction of sp³-hybridized carbons (Fsp3) is 0.746.